The first-order valence-corrected chi connectivity index (χ1v) is 49.8. The highest BCUT2D eigenvalue weighted by Gasteiger charge is 2.30. The van der Waals surface area contributed by atoms with Crippen molar-refractivity contribution in [1.29, 1.82) is 0 Å². The third kappa shape index (κ3) is 27.7. The molecule has 0 spiro atoms. The zero-order chi connectivity index (χ0) is 95.6. The van der Waals surface area contributed by atoms with Crippen LogP contribution in [0.4, 0.5) is 8.78 Å². The molecule has 20 rings (SSSR count). The van der Waals surface area contributed by atoms with Crippen molar-refractivity contribution < 1.29 is 32.8 Å². The van der Waals surface area contributed by atoms with E-state index >= 15 is 0 Å². The van der Waals surface area contributed by atoms with E-state index in [1.54, 1.807) is 12.1 Å². The van der Waals surface area contributed by atoms with Crippen LogP contribution in [0.3, 0.4) is 0 Å². The zero-order valence-corrected chi connectivity index (χ0v) is 80.7. The van der Waals surface area contributed by atoms with Gasteiger partial charge in [0.25, 0.3) is 29.5 Å². The Kier molecular flexibility index (Phi) is 34.3. The number of fused-ring (bicyclic) bond motifs is 5. The normalized spacial score (nSPS) is 15.8. The molecule has 0 saturated carbocycles. The van der Waals surface area contributed by atoms with Gasteiger partial charge in [-0.2, -0.15) is 0 Å². The van der Waals surface area contributed by atoms with Gasteiger partial charge in [-0.25, -0.2) is 8.78 Å². The standard InChI is InChI=1S/C24H28FN3O.C24H29N3O.2C23H27N3O.C22H24FN3O/c1-2-28(24(29)23-15-19-7-4-6-10-22(19)26-23)16-18-11-13-27(14-12-18)17-20-8-3-5-9-21(20)25;1-18-7-9-19(10-8-18)17-27-13-11-20(12-14-27)16-26(2)24(28)23-15-21-5-3-4-6-22(21)25-23;2*1-17-5-4-6-19(13-17)16-26-11-9-18(10-12-26)15-24-23(27)22-14-20-7-2-3-8-21(20)25-22;23-19-7-3-1-6-18(19)15-26-11-9-16(10-12-26)14-24-22(27)21-13-17-5-2-4-8-20(17)25-21/h3-10,15,18,26H,2,11-14,16-17H2,1H3;3-10,15,20,25H,11-14,16-17H2,1-2H3;2*2-8,13-14,18,25H,9-12,15-16H2,1H3,(H,24,27);1-8,13,16,25H,9-12,14-15H2,(H,24,27). The van der Waals surface area contributed by atoms with Gasteiger partial charge in [0.05, 0.1) is 0 Å². The topological polar surface area (TPSA) is 223 Å². The number of aromatic nitrogens is 5. The monoisotopic (exact) mass is 1860 g/mol. The second-order valence-corrected chi connectivity index (χ2v) is 38.8. The van der Waals surface area contributed by atoms with Crippen molar-refractivity contribution >= 4 is 84.1 Å². The molecule has 5 aliphatic rings. The summed E-state index contributed by atoms with van der Waals surface area (Å²) in [5.74, 6) is 2.47. The first kappa shape index (κ1) is 98.0. The van der Waals surface area contributed by atoms with Crippen LogP contribution in [0.2, 0.25) is 0 Å². The molecule has 5 amide bonds. The summed E-state index contributed by atoms with van der Waals surface area (Å²) in [6.07, 6.45) is 10.9. The average molecular weight is 1860 g/mol. The molecule has 15 aromatic rings. The molecule has 8 N–H and O–H groups in total. The molecule has 0 aliphatic carbocycles. The van der Waals surface area contributed by atoms with Gasteiger partial charge < -0.3 is 50.7 Å². The number of rotatable bonds is 26. The first-order valence-electron chi connectivity index (χ1n) is 49.8. The van der Waals surface area contributed by atoms with E-state index in [1.807, 2.05) is 200 Å². The molecule has 0 radical (unpaired) electrons. The Morgan fingerprint density at radius 2 is 0.594 bits per heavy atom. The Morgan fingerprint density at radius 3 is 0.928 bits per heavy atom. The number of halogens is 2. The number of carbonyl (C=O) groups is 5. The van der Waals surface area contributed by atoms with Crippen LogP contribution < -0.4 is 16.0 Å². The summed E-state index contributed by atoms with van der Waals surface area (Å²) >= 11 is 0. The van der Waals surface area contributed by atoms with Crippen molar-refractivity contribution in [3.05, 3.63) is 358 Å². The van der Waals surface area contributed by atoms with Crippen molar-refractivity contribution in [1.82, 2.24) is 75.2 Å². The van der Waals surface area contributed by atoms with E-state index in [0.717, 1.165) is 241 Å². The lowest BCUT2D eigenvalue weighted by Crippen LogP contribution is -2.40. The highest BCUT2D eigenvalue weighted by molar-refractivity contribution is 6.01. The fourth-order valence-corrected chi connectivity index (χ4v) is 20.0. The second-order valence-electron chi connectivity index (χ2n) is 38.8. The van der Waals surface area contributed by atoms with Crippen LogP contribution in [0.15, 0.2) is 273 Å². The first-order chi connectivity index (χ1) is 67.2. The molecule has 20 nitrogen and oxygen atoms in total. The molecule has 5 fully saturated rings. The van der Waals surface area contributed by atoms with Crippen LogP contribution >= 0.6 is 0 Å². The Balaban J connectivity index is 0.000000125. The molecule has 718 valence electrons. The van der Waals surface area contributed by atoms with E-state index in [0.29, 0.717) is 84.2 Å². The van der Waals surface area contributed by atoms with Crippen LogP contribution in [-0.4, -0.2) is 201 Å². The maximum atomic E-state index is 13.9. The minimum absolute atomic E-state index is 0.00612. The van der Waals surface area contributed by atoms with Crippen LogP contribution in [0, 0.1) is 62.0 Å². The van der Waals surface area contributed by atoms with Crippen molar-refractivity contribution in [3.8, 4) is 0 Å². The van der Waals surface area contributed by atoms with E-state index in [4.69, 9.17) is 0 Å². The fraction of sp³-hybridized carbons (Fsp3) is 0.353. The number of piperidine rings is 5. The van der Waals surface area contributed by atoms with Crippen molar-refractivity contribution in [2.75, 3.05) is 112 Å². The molecule has 10 heterocycles. The predicted molar refractivity (Wildman–Crippen MR) is 553 cm³/mol. The van der Waals surface area contributed by atoms with Gasteiger partial charge >= 0.3 is 0 Å². The van der Waals surface area contributed by atoms with E-state index in [9.17, 15) is 32.8 Å². The molecule has 0 bridgehead atoms. The Bertz CT molecular complexity index is 6170. The number of amides is 5. The lowest BCUT2D eigenvalue weighted by Gasteiger charge is -2.34. The van der Waals surface area contributed by atoms with Gasteiger partial charge in [-0.15, -0.1) is 0 Å². The summed E-state index contributed by atoms with van der Waals surface area (Å²) < 4.78 is 27.7. The largest absolute Gasteiger partial charge is 0.351 e. The Labute approximate surface area is 810 Å². The van der Waals surface area contributed by atoms with E-state index in [-0.39, 0.29) is 41.2 Å². The fourth-order valence-electron chi connectivity index (χ4n) is 20.0. The summed E-state index contributed by atoms with van der Waals surface area (Å²) in [4.78, 5) is 95.2. The minimum atomic E-state index is -0.134. The lowest BCUT2D eigenvalue weighted by atomic mass is 9.95. The van der Waals surface area contributed by atoms with Crippen LogP contribution in [0.25, 0.3) is 54.5 Å². The molecular weight excluding hydrogens is 1720 g/mol. The maximum Gasteiger partial charge on any atom is 0.270 e. The number of likely N-dealkylation sites (tertiary alicyclic amines) is 5. The number of nitrogens with one attached hydrogen (secondary N) is 8. The summed E-state index contributed by atoms with van der Waals surface area (Å²) in [6.45, 7) is 27.7. The quantitative estimate of drug-likeness (QED) is 0.0256. The maximum absolute atomic E-state index is 13.9. The highest BCUT2D eigenvalue weighted by Crippen LogP contribution is 2.30. The Hall–Kier alpha value is -13.1. The van der Waals surface area contributed by atoms with Crippen molar-refractivity contribution in [2.24, 2.45) is 29.6 Å². The molecule has 10 aromatic carbocycles. The number of hydrogen-bond acceptors (Lipinski definition) is 10. The van der Waals surface area contributed by atoms with Gasteiger partial charge in [0.2, 0.25) is 0 Å². The van der Waals surface area contributed by atoms with E-state index in [1.165, 1.54) is 45.5 Å². The number of H-pyrrole nitrogens is 5. The molecule has 5 saturated heterocycles. The van der Waals surface area contributed by atoms with Gasteiger partial charge in [0.15, 0.2) is 0 Å². The summed E-state index contributed by atoms with van der Waals surface area (Å²) in [6, 6.07) is 89.8. The third-order valence-corrected chi connectivity index (χ3v) is 28.3. The molecule has 0 unspecified atom stereocenters. The minimum Gasteiger partial charge on any atom is -0.351 e. The summed E-state index contributed by atoms with van der Waals surface area (Å²) in [7, 11) is 1.92. The highest BCUT2D eigenvalue weighted by atomic mass is 19.1. The molecule has 5 aliphatic heterocycles. The molecule has 5 aromatic heterocycles. The van der Waals surface area contributed by atoms with Crippen LogP contribution in [0.1, 0.15) is 168 Å². The van der Waals surface area contributed by atoms with Crippen LogP contribution in [-0.2, 0) is 32.7 Å². The average Bonchev–Trinajstić information content (AvgIpc) is 1.70. The zero-order valence-electron chi connectivity index (χ0n) is 80.7. The third-order valence-electron chi connectivity index (χ3n) is 28.3. The number of hydrogen-bond donors (Lipinski definition) is 8. The van der Waals surface area contributed by atoms with Gasteiger partial charge in [-0.1, -0.05) is 217 Å². The Morgan fingerprint density at radius 1 is 0.304 bits per heavy atom. The predicted octanol–water partition coefficient (Wildman–Crippen LogP) is 21.3. The van der Waals surface area contributed by atoms with Gasteiger partial charge in [-0.05, 0) is 276 Å². The SMILES string of the molecule is CCN(CC1CCN(Cc2ccccc2F)CC1)C(=O)c1cc2ccccc2[nH]1.Cc1ccc(CN2CCC(CN(C)C(=O)c3cc4ccccc4[nH]3)CC2)cc1.Cc1cccc(CN2CCC(CNC(=O)c3cc4ccccc4[nH]3)CC2)c1.Cc1cccc(CN2CCC(CNC(=O)c3cc4ccccc4[nH]3)CC2)c1.O=C(NCC1CCN(Cc2ccccc2F)CC1)c1cc2ccccc2[nH]1. The lowest BCUT2D eigenvalue weighted by molar-refractivity contribution is 0.0692. The van der Waals surface area contributed by atoms with E-state index < -0.39 is 0 Å². The molecular formula is C116H135F2N15O5. The summed E-state index contributed by atoms with van der Waals surface area (Å²) in [5, 5.41) is 14.6. The molecule has 0 atom stereocenters. The second kappa shape index (κ2) is 48.3. The smallest absolute Gasteiger partial charge is 0.270 e. The van der Waals surface area contributed by atoms with Gasteiger partial charge in [-0.3, -0.25) is 48.5 Å². The number of nitrogens with zero attached hydrogens (tertiary/aromatic N) is 7. The van der Waals surface area contributed by atoms with Crippen LogP contribution in [0.5, 0.6) is 0 Å². The van der Waals surface area contributed by atoms with E-state index in [2.05, 4.69) is 159 Å². The summed E-state index contributed by atoms with van der Waals surface area (Å²) in [5.41, 5.74) is 17.9. The number of para-hydroxylation sites is 5. The van der Waals surface area contributed by atoms with Gasteiger partial charge in [0, 0.05) is 145 Å². The number of carbonyl (C=O) groups excluding carboxylic acids is 5. The van der Waals surface area contributed by atoms with Crippen molar-refractivity contribution in [2.45, 2.75) is 125 Å². The number of benzene rings is 10. The van der Waals surface area contributed by atoms with Crippen molar-refractivity contribution in [3.63, 3.8) is 0 Å². The number of aryl methyl sites for hydroxylation is 3. The molecule has 22 heteroatoms. The number of aromatic amines is 5. The molecule has 138 heavy (non-hydrogen) atoms. The van der Waals surface area contributed by atoms with Gasteiger partial charge in [0.1, 0.15) is 40.1 Å².